The maximum absolute atomic E-state index is 12.3. The molecular formula is C12H23F3N2O2S2. The highest BCUT2D eigenvalue weighted by atomic mass is 32.2. The van der Waals surface area contributed by atoms with Crippen molar-refractivity contribution < 1.29 is 21.6 Å². The minimum Gasteiger partial charge on any atom is -0.329 e. The lowest BCUT2D eigenvalue weighted by molar-refractivity contribution is -0.136. The van der Waals surface area contributed by atoms with Crippen LogP contribution in [0.1, 0.15) is 26.2 Å². The largest absolute Gasteiger partial charge is 0.389 e. The van der Waals surface area contributed by atoms with E-state index >= 15 is 0 Å². The van der Waals surface area contributed by atoms with Crippen molar-refractivity contribution in [3.63, 3.8) is 0 Å². The van der Waals surface area contributed by atoms with Crippen LogP contribution in [-0.4, -0.2) is 61.3 Å². The molecule has 0 spiro atoms. The molecule has 1 heterocycles. The molecule has 0 aromatic carbocycles. The van der Waals surface area contributed by atoms with Gasteiger partial charge in [-0.2, -0.15) is 24.9 Å². The molecule has 1 fully saturated rings. The van der Waals surface area contributed by atoms with Crippen LogP contribution in [0.2, 0.25) is 0 Å². The molecular weight excluding hydrogens is 325 g/mol. The lowest BCUT2D eigenvalue weighted by atomic mass is 9.92. The SMILES string of the molecule is CC(CN)(CCCC(F)(F)F)N1CCSCC1S(C)(=O)=O. The molecule has 9 heteroatoms. The molecule has 0 saturated carbocycles. The molecule has 0 radical (unpaired) electrons. The van der Waals surface area contributed by atoms with E-state index in [0.717, 1.165) is 5.75 Å². The van der Waals surface area contributed by atoms with Gasteiger partial charge in [0.05, 0.1) is 0 Å². The first-order valence-corrected chi connectivity index (χ1v) is 9.91. The summed E-state index contributed by atoms with van der Waals surface area (Å²) in [4.78, 5) is 1.79. The Balaban J connectivity index is 2.83. The van der Waals surface area contributed by atoms with E-state index in [1.165, 1.54) is 6.26 Å². The summed E-state index contributed by atoms with van der Waals surface area (Å²) in [7, 11) is -3.29. The van der Waals surface area contributed by atoms with Crippen molar-refractivity contribution in [2.24, 2.45) is 5.73 Å². The Kier molecular flexibility index (Phi) is 6.40. The number of alkyl halides is 3. The molecule has 0 aromatic rings. The number of hydrogen-bond acceptors (Lipinski definition) is 5. The van der Waals surface area contributed by atoms with Gasteiger partial charge in [-0.25, -0.2) is 8.42 Å². The second-order valence-electron chi connectivity index (χ2n) is 5.72. The molecule has 2 unspecified atom stereocenters. The molecule has 4 nitrogen and oxygen atoms in total. The molecule has 1 aliphatic heterocycles. The third-order valence-corrected chi connectivity index (χ3v) is 6.53. The fraction of sp³-hybridized carbons (Fsp3) is 1.00. The lowest BCUT2D eigenvalue weighted by Crippen LogP contribution is -2.60. The van der Waals surface area contributed by atoms with Gasteiger partial charge in [0.2, 0.25) is 0 Å². The van der Waals surface area contributed by atoms with Crippen LogP contribution in [0.4, 0.5) is 13.2 Å². The van der Waals surface area contributed by atoms with Gasteiger partial charge in [0, 0.05) is 42.8 Å². The van der Waals surface area contributed by atoms with Gasteiger partial charge in [-0.15, -0.1) is 0 Å². The van der Waals surface area contributed by atoms with Gasteiger partial charge >= 0.3 is 6.18 Å². The Morgan fingerprint density at radius 3 is 2.43 bits per heavy atom. The molecule has 21 heavy (non-hydrogen) atoms. The molecule has 0 amide bonds. The van der Waals surface area contributed by atoms with Crippen LogP contribution >= 0.6 is 11.8 Å². The van der Waals surface area contributed by atoms with Crippen LogP contribution in [0.25, 0.3) is 0 Å². The van der Waals surface area contributed by atoms with Crippen molar-refractivity contribution in [2.45, 2.75) is 43.3 Å². The van der Waals surface area contributed by atoms with Crippen molar-refractivity contribution >= 4 is 21.6 Å². The van der Waals surface area contributed by atoms with E-state index in [1.807, 2.05) is 0 Å². The Bertz CT molecular complexity index is 442. The summed E-state index contributed by atoms with van der Waals surface area (Å²) < 4.78 is 60.7. The third-order valence-electron chi connectivity index (χ3n) is 3.89. The molecule has 126 valence electrons. The maximum atomic E-state index is 12.3. The fourth-order valence-electron chi connectivity index (χ4n) is 2.59. The van der Waals surface area contributed by atoms with E-state index in [4.69, 9.17) is 5.73 Å². The number of halogens is 3. The standard InChI is InChI=1S/C12H23F3N2O2S2/c1-11(9-16,4-3-5-12(13,14)15)17-6-7-20-8-10(17)21(2,18)19/h10H,3-9,16H2,1-2H3. The Morgan fingerprint density at radius 1 is 1.33 bits per heavy atom. The van der Waals surface area contributed by atoms with Gasteiger partial charge in [-0.05, 0) is 19.8 Å². The summed E-state index contributed by atoms with van der Waals surface area (Å²) in [6, 6.07) is 0. The smallest absolute Gasteiger partial charge is 0.329 e. The molecule has 2 atom stereocenters. The molecule has 0 bridgehead atoms. The maximum Gasteiger partial charge on any atom is 0.389 e. The minimum absolute atomic E-state index is 0.0443. The Morgan fingerprint density at radius 2 is 1.95 bits per heavy atom. The summed E-state index contributed by atoms with van der Waals surface area (Å²) in [5.41, 5.74) is 5.05. The molecule has 0 aliphatic carbocycles. The average Bonchev–Trinajstić information content (AvgIpc) is 2.36. The second kappa shape index (κ2) is 7.06. The number of nitrogens with zero attached hydrogens (tertiary/aromatic N) is 1. The number of hydrogen-bond donors (Lipinski definition) is 1. The highest BCUT2D eigenvalue weighted by Crippen LogP contribution is 2.32. The summed E-state index contributed by atoms with van der Waals surface area (Å²) in [6.07, 6.45) is -3.70. The van der Waals surface area contributed by atoms with E-state index in [0.29, 0.717) is 12.3 Å². The van der Waals surface area contributed by atoms with Crippen molar-refractivity contribution in [1.29, 1.82) is 0 Å². The highest BCUT2D eigenvalue weighted by Gasteiger charge is 2.41. The van der Waals surface area contributed by atoms with Crippen LogP contribution in [0.5, 0.6) is 0 Å². The fourth-order valence-corrected chi connectivity index (χ4v) is 5.56. The van der Waals surface area contributed by atoms with Gasteiger partial charge < -0.3 is 5.73 Å². The first kappa shape index (κ1) is 19.1. The zero-order valence-corrected chi connectivity index (χ0v) is 14.0. The number of sulfone groups is 1. The molecule has 1 saturated heterocycles. The van der Waals surface area contributed by atoms with Crippen LogP contribution in [0.3, 0.4) is 0 Å². The zero-order chi connectivity index (χ0) is 16.3. The van der Waals surface area contributed by atoms with E-state index in [9.17, 15) is 21.6 Å². The topological polar surface area (TPSA) is 63.4 Å². The monoisotopic (exact) mass is 348 g/mol. The molecule has 0 aromatic heterocycles. The summed E-state index contributed by atoms with van der Waals surface area (Å²) in [5.74, 6) is 1.20. The van der Waals surface area contributed by atoms with Crippen LogP contribution in [-0.2, 0) is 9.84 Å². The van der Waals surface area contributed by atoms with Gasteiger partial charge in [0.15, 0.2) is 9.84 Å². The summed E-state index contributed by atoms with van der Waals surface area (Å²) in [6.45, 7) is 2.43. The second-order valence-corrected chi connectivity index (χ2v) is 9.08. The number of nitrogens with two attached hydrogens (primary N) is 1. The van der Waals surface area contributed by atoms with Crippen molar-refractivity contribution in [3.05, 3.63) is 0 Å². The predicted molar refractivity (Wildman–Crippen MR) is 80.0 cm³/mol. The van der Waals surface area contributed by atoms with Gasteiger partial charge in [0.1, 0.15) is 5.37 Å². The van der Waals surface area contributed by atoms with Gasteiger partial charge in [-0.3, -0.25) is 4.90 Å². The lowest BCUT2D eigenvalue weighted by Gasteiger charge is -2.46. The highest BCUT2D eigenvalue weighted by molar-refractivity contribution is 8.00. The van der Waals surface area contributed by atoms with Crippen molar-refractivity contribution in [3.8, 4) is 0 Å². The van der Waals surface area contributed by atoms with Gasteiger partial charge in [-0.1, -0.05) is 0 Å². The Labute approximate surface area is 128 Å². The predicted octanol–water partition coefficient (Wildman–Crippen LogP) is 1.86. The summed E-state index contributed by atoms with van der Waals surface area (Å²) in [5, 5.41) is -0.671. The normalized spacial score (nSPS) is 24.8. The van der Waals surface area contributed by atoms with E-state index in [2.05, 4.69) is 0 Å². The van der Waals surface area contributed by atoms with Crippen LogP contribution in [0, 0.1) is 0 Å². The van der Waals surface area contributed by atoms with E-state index < -0.39 is 33.3 Å². The van der Waals surface area contributed by atoms with Crippen LogP contribution < -0.4 is 5.73 Å². The van der Waals surface area contributed by atoms with Crippen molar-refractivity contribution in [2.75, 3.05) is 30.9 Å². The van der Waals surface area contributed by atoms with Gasteiger partial charge in [0.25, 0.3) is 0 Å². The third kappa shape index (κ3) is 5.61. The van der Waals surface area contributed by atoms with E-state index in [-0.39, 0.29) is 19.4 Å². The zero-order valence-electron chi connectivity index (χ0n) is 12.3. The number of rotatable bonds is 6. The van der Waals surface area contributed by atoms with Crippen molar-refractivity contribution in [1.82, 2.24) is 4.90 Å². The average molecular weight is 348 g/mol. The van der Waals surface area contributed by atoms with Crippen LogP contribution in [0.15, 0.2) is 0 Å². The quantitative estimate of drug-likeness (QED) is 0.794. The summed E-state index contributed by atoms with van der Waals surface area (Å²) >= 11 is 1.55. The molecule has 2 N–H and O–H groups in total. The molecule has 1 aliphatic rings. The first-order valence-electron chi connectivity index (χ1n) is 6.80. The number of thioether (sulfide) groups is 1. The Hall–Kier alpha value is 0.01000. The first-order chi connectivity index (χ1) is 9.49. The van der Waals surface area contributed by atoms with E-state index in [1.54, 1.807) is 23.6 Å². The minimum atomic E-state index is -4.19. The molecule has 1 rings (SSSR count).